The maximum absolute atomic E-state index is 5.27. The molecule has 4 nitrogen and oxygen atoms in total. The fourth-order valence-electron chi connectivity index (χ4n) is 2.45. The predicted molar refractivity (Wildman–Crippen MR) is 90.0 cm³/mol. The van der Waals surface area contributed by atoms with E-state index in [0.29, 0.717) is 6.04 Å². The molecule has 0 saturated heterocycles. The first-order chi connectivity index (χ1) is 10.3. The third kappa shape index (κ3) is 5.25. The summed E-state index contributed by atoms with van der Waals surface area (Å²) in [4.78, 5) is 2.49. The van der Waals surface area contributed by atoms with Gasteiger partial charge >= 0.3 is 0 Å². The highest BCUT2D eigenvalue weighted by atomic mass is 79.9. The molecule has 118 valence electrons. The number of halogens is 1. The summed E-state index contributed by atoms with van der Waals surface area (Å²) >= 11 is 3.58. The van der Waals surface area contributed by atoms with Crippen LogP contribution in [0.15, 0.2) is 22.7 Å². The highest BCUT2D eigenvalue weighted by Crippen LogP contribution is 2.34. The van der Waals surface area contributed by atoms with Crippen LogP contribution in [0.5, 0.6) is 0 Å². The van der Waals surface area contributed by atoms with E-state index in [2.05, 4.69) is 44.3 Å². The Morgan fingerprint density at radius 2 is 2.00 bits per heavy atom. The van der Waals surface area contributed by atoms with Crippen molar-refractivity contribution in [2.45, 2.75) is 25.4 Å². The summed E-state index contributed by atoms with van der Waals surface area (Å²) in [5, 5.41) is 3.44. The van der Waals surface area contributed by atoms with E-state index in [4.69, 9.17) is 9.47 Å². The molecule has 0 atom stereocenters. The van der Waals surface area contributed by atoms with Crippen LogP contribution in [0.1, 0.15) is 18.4 Å². The molecule has 1 aromatic carbocycles. The molecule has 0 aliphatic heterocycles. The maximum Gasteiger partial charge on any atom is 0.0637 e. The monoisotopic (exact) mass is 356 g/mol. The molecule has 1 aromatic rings. The molecule has 0 bridgehead atoms. The maximum atomic E-state index is 5.27. The van der Waals surface area contributed by atoms with Gasteiger partial charge in [-0.3, -0.25) is 0 Å². The second kappa shape index (κ2) is 8.73. The van der Waals surface area contributed by atoms with E-state index in [1.165, 1.54) is 24.1 Å². The Labute approximate surface area is 135 Å². The van der Waals surface area contributed by atoms with Crippen molar-refractivity contribution < 1.29 is 9.47 Å². The molecule has 0 aromatic heterocycles. The number of ether oxygens (including phenoxy) is 2. The number of hydrogen-bond donors (Lipinski definition) is 1. The topological polar surface area (TPSA) is 33.7 Å². The van der Waals surface area contributed by atoms with Gasteiger partial charge in [-0.25, -0.2) is 0 Å². The van der Waals surface area contributed by atoms with Gasteiger partial charge in [-0.2, -0.15) is 0 Å². The van der Waals surface area contributed by atoms with Crippen molar-refractivity contribution in [1.82, 2.24) is 5.32 Å². The standard InChI is InChI=1S/C16H25BrN2O2/c1-20-9-7-18-12-13-11-14(17)3-6-16(13)19(8-10-21-2)15-4-5-15/h3,6,11,15,18H,4-5,7-10,12H2,1-2H3. The highest BCUT2D eigenvalue weighted by molar-refractivity contribution is 9.10. The van der Waals surface area contributed by atoms with Crippen molar-refractivity contribution in [3.05, 3.63) is 28.2 Å². The summed E-state index contributed by atoms with van der Waals surface area (Å²) in [6.07, 6.45) is 2.58. The quantitative estimate of drug-likeness (QED) is 0.653. The third-order valence-corrected chi connectivity index (χ3v) is 4.17. The lowest BCUT2D eigenvalue weighted by molar-refractivity contribution is 0.199. The molecule has 21 heavy (non-hydrogen) atoms. The lowest BCUT2D eigenvalue weighted by Gasteiger charge is -2.27. The largest absolute Gasteiger partial charge is 0.383 e. The zero-order chi connectivity index (χ0) is 15.1. The molecular formula is C16H25BrN2O2. The van der Waals surface area contributed by atoms with Gasteiger partial charge in [0.1, 0.15) is 0 Å². The van der Waals surface area contributed by atoms with Crippen LogP contribution in [0, 0.1) is 0 Å². The summed E-state index contributed by atoms with van der Waals surface area (Å²) in [7, 11) is 3.49. The Bertz CT molecular complexity index is 438. The van der Waals surface area contributed by atoms with Crippen LogP contribution in [0.25, 0.3) is 0 Å². The first-order valence-electron chi connectivity index (χ1n) is 7.50. The number of methoxy groups -OCH3 is 2. The minimum atomic E-state index is 0.680. The fraction of sp³-hybridized carbons (Fsp3) is 0.625. The molecule has 0 heterocycles. The van der Waals surface area contributed by atoms with Gasteiger partial charge in [-0.15, -0.1) is 0 Å². The van der Waals surface area contributed by atoms with Gasteiger partial charge in [0.15, 0.2) is 0 Å². The first kappa shape index (κ1) is 16.7. The van der Waals surface area contributed by atoms with Crippen LogP contribution in [0.3, 0.4) is 0 Å². The molecule has 5 heteroatoms. The van der Waals surface area contributed by atoms with Crippen molar-refractivity contribution in [1.29, 1.82) is 0 Å². The van der Waals surface area contributed by atoms with Crippen molar-refractivity contribution in [2.24, 2.45) is 0 Å². The minimum Gasteiger partial charge on any atom is -0.383 e. The van der Waals surface area contributed by atoms with Crippen LogP contribution in [-0.4, -0.2) is 46.6 Å². The van der Waals surface area contributed by atoms with Crippen LogP contribution < -0.4 is 10.2 Å². The average molecular weight is 357 g/mol. The van der Waals surface area contributed by atoms with Crippen LogP contribution in [0.2, 0.25) is 0 Å². The number of nitrogens with zero attached hydrogens (tertiary/aromatic N) is 1. The van der Waals surface area contributed by atoms with E-state index in [0.717, 1.165) is 37.3 Å². The summed E-state index contributed by atoms with van der Waals surface area (Å²) in [5.74, 6) is 0. The van der Waals surface area contributed by atoms with Gasteiger partial charge in [-0.05, 0) is 36.6 Å². The van der Waals surface area contributed by atoms with Crippen LogP contribution in [-0.2, 0) is 16.0 Å². The first-order valence-corrected chi connectivity index (χ1v) is 8.29. The molecule has 1 N–H and O–H groups in total. The number of anilines is 1. The molecule has 1 saturated carbocycles. The van der Waals surface area contributed by atoms with Crippen molar-refractivity contribution in [3.8, 4) is 0 Å². The van der Waals surface area contributed by atoms with Crippen molar-refractivity contribution in [2.75, 3.05) is 45.4 Å². The minimum absolute atomic E-state index is 0.680. The SMILES string of the molecule is COCCNCc1cc(Br)ccc1N(CCOC)C1CC1. The Kier molecular flexibility index (Phi) is 6.96. The Balaban J connectivity index is 2.08. The number of hydrogen-bond acceptors (Lipinski definition) is 4. The smallest absolute Gasteiger partial charge is 0.0637 e. The Hall–Kier alpha value is -0.620. The molecule has 0 spiro atoms. The second-order valence-corrected chi connectivity index (χ2v) is 6.28. The van der Waals surface area contributed by atoms with E-state index in [1.54, 1.807) is 14.2 Å². The van der Waals surface area contributed by atoms with Gasteiger partial charge in [-0.1, -0.05) is 15.9 Å². The van der Waals surface area contributed by atoms with E-state index in [9.17, 15) is 0 Å². The molecule has 2 rings (SSSR count). The van der Waals surface area contributed by atoms with E-state index < -0.39 is 0 Å². The van der Waals surface area contributed by atoms with Crippen LogP contribution >= 0.6 is 15.9 Å². The van der Waals surface area contributed by atoms with Gasteiger partial charge in [0.05, 0.1) is 13.2 Å². The Morgan fingerprint density at radius 3 is 2.67 bits per heavy atom. The van der Waals surface area contributed by atoms with Gasteiger partial charge in [0.2, 0.25) is 0 Å². The molecule has 1 aliphatic rings. The zero-order valence-corrected chi connectivity index (χ0v) is 14.5. The lowest BCUT2D eigenvalue weighted by atomic mass is 10.1. The van der Waals surface area contributed by atoms with E-state index in [-0.39, 0.29) is 0 Å². The van der Waals surface area contributed by atoms with Crippen LogP contribution in [0.4, 0.5) is 5.69 Å². The molecular weight excluding hydrogens is 332 g/mol. The zero-order valence-electron chi connectivity index (χ0n) is 12.9. The number of rotatable bonds is 10. The summed E-state index contributed by atoms with van der Waals surface area (Å²) < 4.78 is 11.5. The second-order valence-electron chi connectivity index (χ2n) is 5.36. The Morgan fingerprint density at radius 1 is 1.24 bits per heavy atom. The molecule has 0 unspecified atom stereocenters. The van der Waals surface area contributed by atoms with Crippen molar-refractivity contribution >= 4 is 21.6 Å². The summed E-state index contributed by atoms with van der Waals surface area (Å²) in [6.45, 7) is 4.18. The van der Waals surface area contributed by atoms with E-state index >= 15 is 0 Å². The molecule has 1 aliphatic carbocycles. The third-order valence-electron chi connectivity index (χ3n) is 3.67. The summed E-state index contributed by atoms with van der Waals surface area (Å²) in [6, 6.07) is 7.22. The highest BCUT2D eigenvalue weighted by Gasteiger charge is 2.30. The lowest BCUT2D eigenvalue weighted by Crippen LogP contribution is -2.31. The molecule has 1 fully saturated rings. The average Bonchev–Trinajstić information content (AvgIpc) is 3.30. The fourth-order valence-corrected chi connectivity index (χ4v) is 2.86. The van der Waals surface area contributed by atoms with Gasteiger partial charge in [0.25, 0.3) is 0 Å². The van der Waals surface area contributed by atoms with Crippen molar-refractivity contribution in [3.63, 3.8) is 0 Å². The summed E-state index contributed by atoms with van der Waals surface area (Å²) in [5.41, 5.74) is 2.64. The normalized spacial score (nSPS) is 14.4. The van der Waals surface area contributed by atoms with Gasteiger partial charge in [0, 0.05) is 50.1 Å². The van der Waals surface area contributed by atoms with Gasteiger partial charge < -0.3 is 19.7 Å². The predicted octanol–water partition coefficient (Wildman–Crippen LogP) is 2.80. The number of nitrogens with one attached hydrogen (secondary N) is 1. The molecule has 0 radical (unpaired) electrons. The molecule has 0 amide bonds. The van der Waals surface area contributed by atoms with E-state index in [1.807, 2.05) is 0 Å². The number of benzene rings is 1.